The Balaban J connectivity index is 1.45. The lowest BCUT2D eigenvalue weighted by Gasteiger charge is -2.19. The Morgan fingerprint density at radius 2 is 1.44 bits per heavy atom. The van der Waals surface area contributed by atoms with Gasteiger partial charge in [-0.1, -0.05) is 102 Å². The summed E-state index contributed by atoms with van der Waals surface area (Å²) in [5, 5.41) is 2.15. The molecule has 0 saturated carbocycles. The molecule has 34 heavy (non-hydrogen) atoms. The Morgan fingerprint density at radius 3 is 2.06 bits per heavy atom. The van der Waals surface area contributed by atoms with Gasteiger partial charge in [0.1, 0.15) is 6.10 Å². The number of benzene rings is 1. The predicted octanol–water partition coefficient (Wildman–Crippen LogP) is 7.91. The summed E-state index contributed by atoms with van der Waals surface area (Å²) in [7, 11) is 1.74. The molecule has 0 bridgehead atoms. The highest BCUT2D eigenvalue weighted by molar-refractivity contribution is 8.02. The molecule has 1 aromatic rings. The molecule has 0 N–H and O–H groups in total. The number of methoxy groups -OCH3 is 1. The molecular weight excluding hydrogens is 442 g/mol. The molecule has 0 aliphatic carbocycles. The number of hydrogen-bond acceptors (Lipinski definition) is 5. The van der Waals surface area contributed by atoms with Crippen molar-refractivity contribution < 1.29 is 14.2 Å². The monoisotopic (exact) mass is 491 g/mol. The van der Waals surface area contributed by atoms with E-state index >= 15 is 0 Å². The molecule has 1 aromatic carbocycles. The molecule has 0 radical (unpaired) electrons. The van der Waals surface area contributed by atoms with Gasteiger partial charge in [-0.15, -0.1) is 11.8 Å². The summed E-state index contributed by atoms with van der Waals surface area (Å²) in [6.45, 7) is 5.81. The van der Waals surface area contributed by atoms with Crippen LogP contribution in [-0.2, 0) is 27.4 Å². The highest BCUT2D eigenvalue weighted by Gasteiger charge is 2.11. The summed E-state index contributed by atoms with van der Waals surface area (Å²) in [6.07, 6.45) is 18.6. The zero-order chi connectivity index (χ0) is 24.1. The first kappa shape index (κ1) is 29.2. The normalized spacial score (nSPS) is 14.2. The van der Waals surface area contributed by atoms with Gasteiger partial charge >= 0.3 is 0 Å². The van der Waals surface area contributed by atoms with Gasteiger partial charge < -0.3 is 19.1 Å². The topological polar surface area (TPSA) is 30.9 Å². The van der Waals surface area contributed by atoms with Crippen LogP contribution in [0.1, 0.15) is 95.1 Å². The first-order valence-electron chi connectivity index (χ1n) is 13.6. The maximum Gasteiger partial charge on any atom is 0.104 e. The Morgan fingerprint density at radius 1 is 0.824 bits per heavy atom. The van der Waals surface area contributed by atoms with E-state index in [0.29, 0.717) is 19.8 Å². The molecule has 0 saturated heterocycles. The third kappa shape index (κ3) is 13.8. The van der Waals surface area contributed by atoms with Crippen molar-refractivity contribution in [3.05, 3.63) is 47.0 Å². The number of ether oxygens (including phenoxy) is 3. The minimum atomic E-state index is -0.0117. The van der Waals surface area contributed by atoms with Crippen molar-refractivity contribution >= 4 is 11.8 Å². The first-order chi connectivity index (χ1) is 16.8. The number of hydrogen-bond donors (Lipinski definition) is 0. The van der Waals surface area contributed by atoms with Crippen LogP contribution in [0.2, 0.25) is 0 Å². The Hall–Kier alpha value is -1.01. The summed E-state index contributed by atoms with van der Waals surface area (Å²) in [6, 6.07) is 8.55. The molecule has 2 rings (SSSR count). The fourth-order valence-corrected chi connectivity index (χ4v) is 4.94. The SMILES string of the molecule is CCCCCCCCCCCCCCOCC(COCc1ccccc1CN1C=CSC1)OC. The predicted molar refractivity (Wildman–Crippen MR) is 146 cm³/mol. The van der Waals surface area contributed by atoms with Crippen LogP contribution in [0.4, 0.5) is 0 Å². The highest BCUT2D eigenvalue weighted by atomic mass is 32.2. The van der Waals surface area contributed by atoms with Gasteiger partial charge in [-0.2, -0.15) is 0 Å². The quantitative estimate of drug-likeness (QED) is 0.154. The van der Waals surface area contributed by atoms with Crippen molar-refractivity contribution in [2.24, 2.45) is 0 Å². The molecule has 4 nitrogen and oxygen atoms in total. The fourth-order valence-electron chi connectivity index (χ4n) is 4.23. The molecule has 1 aliphatic rings. The van der Waals surface area contributed by atoms with Crippen molar-refractivity contribution in [1.82, 2.24) is 4.90 Å². The molecule has 1 unspecified atom stereocenters. The molecule has 1 atom stereocenters. The second kappa shape index (κ2) is 20.2. The van der Waals surface area contributed by atoms with E-state index in [4.69, 9.17) is 14.2 Å². The molecule has 1 aliphatic heterocycles. The second-order valence-corrected chi connectivity index (χ2v) is 10.3. The third-order valence-electron chi connectivity index (χ3n) is 6.44. The van der Waals surface area contributed by atoms with Crippen molar-refractivity contribution in [2.45, 2.75) is 103 Å². The molecule has 0 aromatic heterocycles. The highest BCUT2D eigenvalue weighted by Crippen LogP contribution is 2.20. The molecule has 0 amide bonds. The van der Waals surface area contributed by atoms with Crippen LogP contribution < -0.4 is 0 Å². The number of nitrogens with zero attached hydrogens (tertiary/aromatic N) is 1. The lowest BCUT2D eigenvalue weighted by atomic mass is 10.1. The van der Waals surface area contributed by atoms with Gasteiger partial charge in [0, 0.05) is 26.5 Å². The maximum atomic E-state index is 6.00. The Labute approximate surface area is 213 Å². The standard InChI is InChI=1S/C29H49NO3S/c1-3-4-5-6-7-8-9-10-11-12-13-16-20-32-24-29(31-2)25-33-23-28-18-15-14-17-27(28)22-30-19-21-34-26-30/h14-15,17-19,21,29H,3-13,16,20,22-26H2,1-2H3. The van der Waals surface area contributed by atoms with Gasteiger partial charge in [-0.3, -0.25) is 0 Å². The summed E-state index contributed by atoms with van der Waals surface area (Å²) < 4.78 is 17.4. The molecule has 5 heteroatoms. The van der Waals surface area contributed by atoms with Gasteiger partial charge in [-0.05, 0) is 23.0 Å². The summed E-state index contributed by atoms with van der Waals surface area (Å²) in [4.78, 5) is 2.32. The van der Waals surface area contributed by atoms with E-state index in [0.717, 1.165) is 25.4 Å². The van der Waals surface area contributed by atoms with Gasteiger partial charge in [0.2, 0.25) is 0 Å². The van der Waals surface area contributed by atoms with Crippen LogP contribution in [-0.4, -0.2) is 43.8 Å². The molecule has 0 fully saturated rings. The van der Waals surface area contributed by atoms with E-state index in [2.05, 4.69) is 47.7 Å². The molecule has 1 heterocycles. The molecular formula is C29H49NO3S. The van der Waals surface area contributed by atoms with Crippen molar-refractivity contribution in [1.29, 1.82) is 0 Å². The summed E-state index contributed by atoms with van der Waals surface area (Å²) >= 11 is 1.84. The largest absolute Gasteiger partial charge is 0.379 e. The van der Waals surface area contributed by atoms with Crippen molar-refractivity contribution in [2.75, 3.05) is 32.8 Å². The zero-order valence-corrected chi connectivity index (χ0v) is 22.7. The average Bonchev–Trinajstić information content (AvgIpc) is 3.37. The second-order valence-electron chi connectivity index (χ2n) is 9.43. The van der Waals surface area contributed by atoms with Gasteiger partial charge in [0.05, 0.1) is 25.7 Å². The Kier molecular flexibility index (Phi) is 17.4. The van der Waals surface area contributed by atoms with Crippen LogP contribution in [0.5, 0.6) is 0 Å². The minimum absolute atomic E-state index is 0.0117. The number of rotatable bonds is 22. The van der Waals surface area contributed by atoms with E-state index < -0.39 is 0 Å². The van der Waals surface area contributed by atoms with E-state index in [-0.39, 0.29) is 6.10 Å². The van der Waals surface area contributed by atoms with E-state index in [1.165, 1.54) is 81.8 Å². The van der Waals surface area contributed by atoms with Gasteiger partial charge in [-0.25, -0.2) is 0 Å². The van der Waals surface area contributed by atoms with E-state index in [1.54, 1.807) is 7.11 Å². The fraction of sp³-hybridized carbons (Fsp3) is 0.724. The minimum Gasteiger partial charge on any atom is -0.379 e. The first-order valence-corrected chi connectivity index (χ1v) is 14.7. The lowest BCUT2D eigenvalue weighted by Crippen LogP contribution is -2.24. The van der Waals surface area contributed by atoms with Gasteiger partial charge in [0.25, 0.3) is 0 Å². The summed E-state index contributed by atoms with van der Waals surface area (Å²) in [5.74, 6) is 1.03. The van der Waals surface area contributed by atoms with Crippen LogP contribution >= 0.6 is 11.8 Å². The summed E-state index contributed by atoms with van der Waals surface area (Å²) in [5.41, 5.74) is 2.58. The van der Waals surface area contributed by atoms with Gasteiger partial charge in [0.15, 0.2) is 0 Å². The van der Waals surface area contributed by atoms with Crippen molar-refractivity contribution in [3.63, 3.8) is 0 Å². The lowest BCUT2D eigenvalue weighted by molar-refractivity contribution is -0.0452. The van der Waals surface area contributed by atoms with E-state index in [1.807, 2.05) is 11.8 Å². The van der Waals surface area contributed by atoms with Crippen molar-refractivity contribution in [3.8, 4) is 0 Å². The molecule has 194 valence electrons. The number of unbranched alkanes of at least 4 members (excludes halogenated alkanes) is 11. The average molecular weight is 492 g/mol. The zero-order valence-electron chi connectivity index (χ0n) is 21.8. The van der Waals surface area contributed by atoms with Crippen LogP contribution in [0.3, 0.4) is 0 Å². The van der Waals surface area contributed by atoms with Crippen LogP contribution in [0.15, 0.2) is 35.9 Å². The van der Waals surface area contributed by atoms with Crippen LogP contribution in [0, 0.1) is 0 Å². The Bertz CT molecular complexity index is 640. The van der Waals surface area contributed by atoms with E-state index in [9.17, 15) is 0 Å². The van der Waals surface area contributed by atoms with Crippen LogP contribution in [0.25, 0.3) is 0 Å². The third-order valence-corrected chi connectivity index (χ3v) is 7.24. The maximum absolute atomic E-state index is 6.00. The smallest absolute Gasteiger partial charge is 0.104 e. The molecule has 0 spiro atoms. The number of thioether (sulfide) groups is 1.